The molecule has 0 saturated carbocycles. The number of aliphatic carboxylic acids is 1. The van der Waals surface area contributed by atoms with Crippen LogP contribution in [-0.4, -0.2) is 58.2 Å². The van der Waals surface area contributed by atoms with Crippen molar-refractivity contribution < 1.29 is 19.4 Å². The minimum atomic E-state index is -1.00. The van der Waals surface area contributed by atoms with Crippen molar-refractivity contribution in [3.8, 4) is 0 Å². The lowest BCUT2D eigenvalue weighted by atomic mass is 9.96. The second-order valence-corrected chi connectivity index (χ2v) is 7.80. The predicted octanol–water partition coefficient (Wildman–Crippen LogP) is 2.53. The summed E-state index contributed by atoms with van der Waals surface area (Å²) >= 11 is 0. The summed E-state index contributed by atoms with van der Waals surface area (Å²) < 4.78 is 6.02. The molecule has 1 atom stereocenters. The van der Waals surface area contributed by atoms with E-state index in [4.69, 9.17) is 4.74 Å². The van der Waals surface area contributed by atoms with Crippen LogP contribution in [0, 0.1) is 0 Å². The third-order valence-electron chi connectivity index (χ3n) is 5.90. The van der Waals surface area contributed by atoms with E-state index in [9.17, 15) is 14.7 Å². The average Bonchev–Trinajstić information content (AvgIpc) is 3.11. The molecule has 2 heterocycles. The Kier molecular flexibility index (Phi) is 5.65. The molecule has 4 rings (SSSR count). The van der Waals surface area contributed by atoms with E-state index in [0.717, 1.165) is 25.2 Å². The van der Waals surface area contributed by atoms with Crippen LogP contribution in [0.4, 0.5) is 0 Å². The second-order valence-electron chi connectivity index (χ2n) is 7.80. The molecule has 2 aliphatic heterocycles. The van der Waals surface area contributed by atoms with E-state index in [1.807, 2.05) is 48.5 Å². The Labute approximate surface area is 170 Å². The smallest absolute Gasteiger partial charge is 0.328 e. The molecule has 152 valence electrons. The van der Waals surface area contributed by atoms with Crippen LogP contribution in [0.3, 0.4) is 0 Å². The molecule has 2 aromatic rings. The van der Waals surface area contributed by atoms with E-state index in [1.54, 1.807) is 0 Å². The lowest BCUT2D eigenvalue weighted by Gasteiger charge is -2.44. The number of carbonyl (C=O) groups excluding carboxylic acids is 1. The molecular weight excluding hydrogens is 368 g/mol. The van der Waals surface area contributed by atoms with Crippen LogP contribution in [0.25, 0.3) is 0 Å². The van der Waals surface area contributed by atoms with Crippen molar-refractivity contribution in [1.29, 1.82) is 0 Å². The van der Waals surface area contributed by atoms with Gasteiger partial charge in [0.1, 0.15) is 5.72 Å². The van der Waals surface area contributed by atoms with E-state index >= 15 is 0 Å². The average molecular weight is 394 g/mol. The topological polar surface area (TPSA) is 70.1 Å². The summed E-state index contributed by atoms with van der Waals surface area (Å²) in [5.41, 5.74) is 1.31. The number of rotatable bonds is 5. The maximum atomic E-state index is 13.1. The van der Waals surface area contributed by atoms with Crippen LogP contribution < -0.4 is 0 Å². The summed E-state index contributed by atoms with van der Waals surface area (Å²) in [7, 11) is 0. The van der Waals surface area contributed by atoms with E-state index < -0.39 is 17.7 Å². The van der Waals surface area contributed by atoms with Crippen molar-refractivity contribution in [2.75, 3.05) is 19.7 Å². The number of nitrogens with zero attached hydrogens (tertiary/aromatic N) is 2. The summed E-state index contributed by atoms with van der Waals surface area (Å²) in [6, 6.07) is 18.8. The van der Waals surface area contributed by atoms with Crippen molar-refractivity contribution >= 4 is 11.9 Å². The lowest BCUT2D eigenvalue weighted by molar-refractivity contribution is -0.165. The molecule has 2 aliphatic rings. The predicted molar refractivity (Wildman–Crippen MR) is 108 cm³/mol. The standard InChI is InChI=1S/C23H26N2O4/c26-21(15-18-7-3-1-4-8-18)25-20(22(27)28)17-29-23(25)11-13-24(14-12-23)16-19-9-5-2-6-10-19/h1-10,20H,11-17H2,(H,27,28)/t20-/m0/s1. The first-order valence-electron chi connectivity index (χ1n) is 10.1. The van der Waals surface area contributed by atoms with Crippen LogP contribution in [0.5, 0.6) is 0 Å². The molecule has 2 aromatic carbocycles. The van der Waals surface area contributed by atoms with Gasteiger partial charge in [0.05, 0.1) is 13.0 Å². The van der Waals surface area contributed by atoms with E-state index in [2.05, 4.69) is 17.0 Å². The molecular formula is C23H26N2O4. The highest BCUT2D eigenvalue weighted by Gasteiger charge is 2.53. The molecule has 1 spiro atoms. The normalized spacial score (nSPS) is 21.4. The van der Waals surface area contributed by atoms with Crippen LogP contribution in [-0.2, 0) is 27.3 Å². The van der Waals surface area contributed by atoms with Crippen LogP contribution in [0.1, 0.15) is 24.0 Å². The number of hydrogen-bond donors (Lipinski definition) is 1. The third-order valence-corrected chi connectivity index (χ3v) is 5.90. The first-order valence-corrected chi connectivity index (χ1v) is 10.1. The number of piperidine rings is 1. The molecule has 0 unspecified atom stereocenters. The Morgan fingerprint density at radius 2 is 1.55 bits per heavy atom. The molecule has 6 heteroatoms. The molecule has 0 radical (unpaired) electrons. The van der Waals surface area contributed by atoms with Gasteiger partial charge in [0.2, 0.25) is 5.91 Å². The molecule has 0 aromatic heterocycles. The SMILES string of the molecule is O=C(O)[C@@H]1COC2(CCN(Cc3ccccc3)CC2)N1C(=O)Cc1ccccc1. The second kappa shape index (κ2) is 8.35. The number of hydrogen-bond acceptors (Lipinski definition) is 4. The van der Waals surface area contributed by atoms with Crippen LogP contribution in [0.15, 0.2) is 60.7 Å². The summed E-state index contributed by atoms with van der Waals surface area (Å²) in [6.45, 7) is 2.42. The van der Waals surface area contributed by atoms with Gasteiger partial charge < -0.3 is 9.84 Å². The minimum absolute atomic E-state index is 0.0501. The van der Waals surface area contributed by atoms with Gasteiger partial charge in [-0.3, -0.25) is 14.6 Å². The fourth-order valence-electron chi connectivity index (χ4n) is 4.39. The zero-order valence-corrected chi connectivity index (χ0v) is 16.4. The zero-order valence-electron chi connectivity index (χ0n) is 16.4. The highest BCUT2D eigenvalue weighted by atomic mass is 16.5. The summed E-state index contributed by atoms with van der Waals surface area (Å²) in [5.74, 6) is -1.19. The molecule has 0 bridgehead atoms. The van der Waals surface area contributed by atoms with E-state index in [1.165, 1.54) is 10.5 Å². The van der Waals surface area contributed by atoms with Crippen molar-refractivity contribution in [1.82, 2.24) is 9.80 Å². The van der Waals surface area contributed by atoms with Crippen molar-refractivity contribution in [3.05, 3.63) is 71.8 Å². The zero-order chi connectivity index (χ0) is 20.3. The molecule has 2 fully saturated rings. The molecule has 1 amide bonds. The number of amides is 1. The van der Waals surface area contributed by atoms with Gasteiger partial charge in [-0.15, -0.1) is 0 Å². The number of likely N-dealkylation sites (tertiary alicyclic amines) is 1. The first kappa shape index (κ1) is 19.6. The summed E-state index contributed by atoms with van der Waals surface area (Å²) in [6.07, 6.45) is 1.41. The highest BCUT2D eigenvalue weighted by molar-refractivity contribution is 5.86. The minimum Gasteiger partial charge on any atom is -0.480 e. The maximum absolute atomic E-state index is 13.1. The highest BCUT2D eigenvalue weighted by Crippen LogP contribution is 2.38. The summed E-state index contributed by atoms with van der Waals surface area (Å²) in [4.78, 5) is 28.8. The Hall–Kier alpha value is -2.70. The Morgan fingerprint density at radius 3 is 2.14 bits per heavy atom. The fourth-order valence-corrected chi connectivity index (χ4v) is 4.39. The molecule has 0 aliphatic carbocycles. The van der Waals surface area contributed by atoms with Crippen LogP contribution >= 0.6 is 0 Å². The van der Waals surface area contributed by atoms with Crippen molar-refractivity contribution in [2.24, 2.45) is 0 Å². The van der Waals surface area contributed by atoms with Crippen molar-refractivity contribution in [2.45, 2.75) is 37.6 Å². The number of ether oxygens (including phenoxy) is 1. The Balaban J connectivity index is 1.48. The van der Waals surface area contributed by atoms with E-state index in [0.29, 0.717) is 12.8 Å². The van der Waals surface area contributed by atoms with Gasteiger partial charge in [0.15, 0.2) is 6.04 Å². The van der Waals surface area contributed by atoms with Gasteiger partial charge in [-0.2, -0.15) is 0 Å². The quantitative estimate of drug-likeness (QED) is 0.844. The monoisotopic (exact) mass is 394 g/mol. The molecule has 1 N–H and O–H groups in total. The van der Waals surface area contributed by atoms with Gasteiger partial charge >= 0.3 is 5.97 Å². The lowest BCUT2D eigenvalue weighted by Crippen LogP contribution is -2.58. The fraction of sp³-hybridized carbons (Fsp3) is 0.391. The maximum Gasteiger partial charge on any atom is 0.328 e. The van der Waals surface area contributed by atoms with E-state index in [-0.39, 0.29) is 18.9 Å². The number of carboxylic acids is 1. The van der Waals surface area contributed by atoms with Gasteiger partial charge in [-0.05, 0) is 11.1 Å². The van der Waals surface area contributed by atoms with Gasteiger partial charge in [-0.1, -0.05) is 60.7 Å². The van der Waals surface area contributed by atoms with Gasteiger partial charge in [-0.25, -0.2) is 4.79 Å². The largest absolute Gasteiger partial charge is 0.480 e. The number of carbonyl (C=O) groups is 2. The molecule has 6 nitrogen and oxygen atoms in total. The number of carboxylic acid groups (broad SMARTS) is 1. The van der Waals surface area contributed by atoms with Crippen LogP contribution in [0.2, 0.25) is 0 Å². The number of benzene rings is 2. The Morgan fingerprint density at radius 1 is 0.966 bits per heavy atom. The molecule has 29 heavy (non-hydrogen) atoms. The first-order chi connectivity index (χ1) is 14.1. The Bertz CT molecular complexity index is 848. The van der Waals surface area contributed by atoms with Crippen molar-refractivity contribution in [3.63, 3.8) is 0 Å². The van der Waals surface area contributed by atoms with Gasteiger partial charge in [0.25, 0.3) is 0 Å². The third kappa shape index (κ3) is 4.18. The molecule has 2 saturated heterocycles. The summed E-state index contributed by atoms with van der Waals surface area (Å²) in [5, 5.41) is 9.68. The van der Waals surface area contributed by atoms with Gasteiger partial charge in [0, 0.05) is 32.5 Å².